The molecule has 0 saturated carbocycles. The zero-order valence-corrected chi connectivity index (χ0v) is 13.9. The van der Waals surface area contributed by atoms with Crippen LogP contribution in [0.4, 0.5) is 0 Å². The van der Waals surface area contributed by atoms with Crippen LogP contribution in [0.5, 0.6) is 5.75 Å². The SMILES string of the molecule is Cc1ccc(Cl)c(OCCOCCN2CCC[C@@H](C)C2)c1. The van der Waals surface area contributed by atoms with Crippen molar-refractivity contribution in [1.29, 1.82) is 0 Å². The molecule has 1 saturated heterocycles. The van der Waals surface area contributed by atoms with Crippen molar-refractivity contribution in [3.63, 3.8) is 0 Å². The average Bonchev–Trinajstić information content (AvgIpc) is 2.46. The second-order valence-electron chi connectivity index (χ2n) is 5.94. The van der Waals surface area contributed by atoms with Gasteiger partial charge < -0.3 is 14.4 Å². The molecule has 3 nitrogen and oxygen atoms in total. The molecule has 1 atom stereocenters. The molecule has 1 fully saturated rings. The van der Waals surface area contributed by atoms with E-state index in [0.29, 0.717) is 18.2 Å². The molecule has 0 aromatic heterocycles. The number of hydrogen-bond donors (Lipinski definition) is 0. The lowest BCUT2D eigenvalue weighted by Gasteiger charge is -2.30. The van der Waals surface area contributed by atoms with E-state index in [1.165, 1.54) is 25.9 Å². The van der Waals surface area contributed by atoms with E-state index >= 15 is 0 Å². The standard InChI is InChI=1S/C17H26ClNO2/c1-14-5-6-16(18)17(12-14)21-11-10-20-9-8-19-7-3-4-15(2)13-19/h5-6,12,15H,3-4,7-11,13H2,1-2H3/t15-/m1/s1. The first kappa shape index (κ1) is 16.6. The number of piperidine rings is 1. The van der Waals surface area contributed by atoms with E-state index in [-0.39, 0.29) is 0 Å². The molecule has 0 amide bonds. The van der Waals surface area contributed by atoms with Gasteiger partial charge in [-0.1, -0.05) is 24.6 Å². The lowest BCUT2D eigenvalue weighted by atomic mass is 10.0. The van der Waals surface area contributed by atoms with Crippen LogP contribution >= 0.6 is 11.6 Å². The van der Waals surface area contributed by atoms with E-state index in [9.17, 15) is 0 Å². The zero-order valence-electron chi connectivity index (χ0n) is 13.1. The summed E-state index contributed by atoms with van der Waals surface area (Å²) in [6, 6.07) is 5.80. The van der Waals surface area contributed by atoms with Gasteiger partial charge in [0.1, 0.15) is 12.4 Å². The van der Waals surface area contributed by atoms with Crippen molar-refractivity contribution in [2.75, 3.05) is 39.5 Å². The Labute approximate surface area is 133 Å². The van der Waals surface area contributed by atoms with Gasteiger partial charge in [-0.25, -0.2) is 0 Å². The van der Waals surface area contributed by atoms with Crippen molar-refractivity contribution in [2.24, 2.45) is 5.92 Å². The number of halogens is 1. The summed E-state index contributed by atoms with van der Waals surface area (Å²) in [4.78, 5) is 2.49. The molecule has 0 bridgehead atoms. The number of hydrogen-bond acceptors (Lipinski definition) is 3. The van der Waals surface area contributed by atoms with E-state index in [1.807, 2.05) is 25.1 Å². The predicted octanol–water partition coefficient (Wildman–Crippen LogP) is 3.78. The summed E-state index contributed by atoms with van der Waals surface area (Å²) in [6.45, 7) is 9.72. The summed E-state index contributed by atoms with van der Waals surface area (Å²) in [5.41, 5.74) is 1.15. The van der Waals surface area contributed by atoms with Gasteiger partial charge in [-0.05, 0) is 49.9 Å². The quantitative estimate of drug-likeness (QED) is 0.715. The molecule has 0 aliphatic carbocycles. The van der Waals surface area contributed by atoms with Crippen LogP contribution in [-0.2, 0) is 4.74 Å². The Bertz CT molecular complexity index is 439. The minimum atomic E-state index is 0.541. The first-order valence-corrected chi connectivity index (χ1v) is 8.22. The number of aryl methyl sites for hydroxylation is 1. The first-order chi connectivity index (χ1) is 10.1. The van der Waals surface area contributed by atoms with Crippen molar-refractivity contribution in [3.05, 3.63) is 28.8 Å². The minimum Gasteiger partial charge on any atom is -0.490 e. The Morgan fingerprint density at radius 2 is 2.14 bits per heavy atom. The minimum absolute atomic E-state index is 0.541. The highest BCUT2D eigenvalue weighted by molar-refractivity contribution is 6.32. The Balaban J connectivity index is 1.56. The van der Waals surface area contributed by atoms with Crippen LogP contribution in [0.1, 0.15) is 25.3 Å². The molecule has 0 spiro atoms. The van der Waals surface area contributed by atoms with E-state index < -0.39 is 0 Å². The topological polar surface area (TPSA) is 21.7 Å². The lowest BCUT2D eigenvalue weighted by Crippen LogP contribution is -2.36. The Morgan fingerprint density at radius 1 is 1.29 bits per heavy atom. The summed E-state index contributed by atoms with van der Waals surface area (Å²) in [5, 5.41) is 0.655. The third-order valence-electron chi connectivity index (χ3n) is 3.86. The second-order valence-corrected chi connectivity index (χ2v) is 6.35. The summed E-state index contributed by atoms with van der Waals surface area (Å²) >= 11 is 6.08. The van der Waals surface area contributed by atoms with Crippen LogP contribution in [0.25, 0.3) is 0 Å². The van der Waals surface area contributed by atoms with Crippen molar-refractivity contribution in [3.8, 4) is 5.75 Å². The van der Waals surface area contributed by atoms with Crippen molar-refractivity contribution < 1.29 is 9.47 Å². The van der Waals surface area contributed by atoms with Gasteiger partial charge in [-0.15, -0.1) is 0 Å². The van der Waals surface area contributed by atoms with E-state index in [0.717, 1.165) is 30.4 Å². The number of rotatable bonds is 7. The number of likely N-dealkylation sites (tertiary alicyclic amines) is 1. The average molecular weight is 312 g/mol. The van der Waals surface area contributed by atoms with Gasteiger partial charge in [-0.3, -0.25) is 0 Å². The maximum Gasteiger partial charge on any atom is 0.138 e. The number of ether oxygens (including phenoxy) is 2. The second kappa shape index (κ2) is 8.62. The zero-order chi connectivity index (χ0) is 15.1. The van der Waals surface area contributed by atoms with Gasteiger partial charge in [0.25, 0.3) is 0 Å². The summed E-state index contributed by atoms with van der Waals surface area (Å²) in [6.07, 6.45) is 2.68. The molecule has 1 aliphatic heterocycles. The van der Waals surface area contributed by atoms with E-state index in [4.69, 9.17) is 21.1 Å². The van der Waals surface area contributed by atoms with Crippen LogP contribution in [0.15, 0.2) is 18.2 Å². The Kier molecular flexibility index (Phi) is 6.81. The van der Waals surface area contributed by atoms with Gasteiger partial charge in [0.15, 0.2) is 0 Å². The third kappa shape index (κ3) is 5.85. The molecular weight excluding hydrogens is 286 g/mol. The van der Waals surface area contributed by atoms with E-state index in [1.54, 1.807) is 0 Å². The van der Waals surface area contributed by atoms with Crippen LogP contribution in [-0.4, -0.2) is 44.4 Å². The molecule has 1 heterocycles. The fourth-order valence-electron chi connectivity index (χ4n) is 2.72. The maximum atomic E-state index is 6.08. The molecule has 118 valence electrons. The molecule has 4 heteroatoms. The van der Waals surface area contributed by atoms with Gasteiger partial charge in [-0.2, -0.15) is 0 Å². The molecule has 1 aromatic carbocycles. The smallest absolute Gasteiger partial charge is 0.138 e. The van der Waals surface area contributed by atoms with Gasteiger partial charge >= 0.3 is 0 Å². The molecule has 0 N–H and O–H groups in total. The lowest BCUT2D eigenvalue weighted by molar-refractivity contribution is 0.0689. The number of nitrogens with zero attached hydrogens (tertiary/aromatic N) is 1. The monoisotopic (exact) mass is 311 g/mol. The normalized spacial score (nSPS) is 19.7. The van der Waals surface area contributed by atoms with Crippen LogP contribution in [0.2, 0.25) is 5.02 Å². The third-order valence-corrected chi connectivity index (χ3v) is 4.18. The first-order valence-electron chi connectivity index (χ1n) is 7.84. The highest BCUT2D eigenvalue weighted by Gasteiger charge is 2.15. The summed E-state index contributed by atoms with van der Waals surface area (Å²) < 4.78 is 11.3. The largest absolute Gasteiger partial charge is 0.490 e. The number of benzene rings is 1. The van der Waals surface area contributed by atoms with Gasteiger partial charge in [0, 0.05) is 13.1 Å². The Hall–Kier alpha value is -0.770. The Morgan fingerprint density at radius 3 is 2.95 bits per heavy atom. The van der Waals surface area contributed by atoms with Gasteiger partial charge in [0.2, 0.25) is 0 Å². The van der Waals surface area contributed by atoms with Crippen molar-refractivity contribution in [1.82, 2.24) is 4.90 Å². The van der Waals surface area contributed by atoms with Crippen LogP contribution in [0.3, 0.4) is 0 Å². The summed E-state index contributed by atoms with van der Waals surface area (Å²) in [5.74, 6) is 1.57. The molecule has 1 aromatic rings. The molecule has 0 radical (unpaired) electrons. The molecular formula is C17H26ClNO2. The maximum absolute atomic E-state index is 6.08. The summed E-state index contributed by atoms with van der Waals surface area (Å²) in [7, 11) is 0. The highest BCUT2D eigenvalue weighted by Crippen LogP contribution is 2.25. The highest BCUT2D eigenvalue weighted by atomic mass is 35.5. The van der Waals surface area contributed by atoms with Crippen molar-refractivity contribution in [2.45, 2.75) is 26.7 Å². The van der Waals surface area contributed by atoms with Gasteiger partial charge in [0.05, 0.1) is 18.2 Å². The fourth-order valence-corrected chi connectivity index (χ4v) is 2.89. The van der Waals surface area contributed by atoms with Crippen LogP contribution < -0.4 is 4.74 Å². The van der Waals surface area contributed by atoms with Crippen LogP contribution in [0, 0.1) is 12.8 Å². The molecule has 0 unspecified atom stereocenters. The molecule has 21 heavy (non-hydrogen) atoms. The van der Waals surface area contributed by atoms with E-state index in [2.05, 4.69) is 11.8 Å². The van der Waals surface area contributed by atoms with Crippen molar-refractivity contribution >= 4 is 11.6 Å². The fraction of sp³-hybridized carbons (Fsp3) is 0.647. The molecule has 2 rings (SSSR count). The molecule has 1 aliphatic rings. The predicted molar refractivity (Wildman–Crippen MR) is 87.3 cm³/mol.